The lowest BCUT2D eigenvalue weighted by Gasteiger charge is -2.26. The first-order chi connectivity index (χ1) is 18.0. The third-order valence-corrected chi connectivity index (χ3v) is 8.75. The molecule has 1 aromatic carbocycles. The van der Waals surface area contributed by atoms with E-state index < -0.39 is 27.5 Å². The van der Waals surface area contributed by atoms with E-state index in [0.717, 1.165) is 13.2 Å². The van der Waals surface area contributed by atoms with Gasteiger partial charge >= 0.3 is 6.18 Å². The van der Waals surface area contributed by atoms with Crippen molar-refractivity contribution >= 4 is 26.6 Å². The topological polar surface area (TPSA) is 98.7 Å². The Balaban J connectivity index is 1.35. The molecule has 12 heteroatoms. The lowest BCUT2D eigenvalue weighted by atomic mass is 10.0. The van der Waals surface area contributed by atoms with Gasteiger partial charge in [-0.15, -0.1) is 0 Å². The Morgan fingerprint density at radius 1 is 1.08 bits per heavy atom. The normalized spacial score (nSPS) is 20.0. The predicted octanol–water partition coefficient (Wildman–Crippen LogP) is 4.13. The molecular formula is C26H26F3N3O5S. The first-order valence-corrected chi connectivity index (χ1v) is 14.0. The van der Waals surface area contributed by atoms with Crippen molar-refractivity contribution in [3.63, 3.8) is 0 Å². The van der Waals surface area contributed by atoms with Gasteiger partial charge in [-0.1, -0.05) is 0 Å². The number of pyridine rings is 2. The van der Waals surface area contributed by atoms with Crippen LogP contribution in [0.4, 0.5) is 13.2 Å². The summed E-state index contributed by atoms with van der Waals surface area (Å²) in [4.78, 5) is 22.8. The third kappa shape index (κ3) is 5.40. The largest absolute Gasteiger partial charge is 0.488 e. The van der Waals surface area contributed by atoms with Crippen molar-refractivity contribution in [3.05, 3.63) is 48.3 Å². The number of carbonyl (C=O) groups is 1. The molecule has 0 N–H and O–H groups in total. The molecule has 8 nitrogen and oxygen atoms in total. The fourth-order valence-corrected chi connectivity index (χ4v) is 6.52. The molecule has 0 aliphatic carbocycles. The van der Waals surface area contributed by atoms with E-state index in [9.17, 15) is 26.4 Å². The summed E-state index contributed by atoms with van der Waals surface area (Å²) in [5.74, 6) is -0.238. The van der Waals surface area contributed by atoms with Gasteiger partial charge in [-0.3, -0.25) is 9.78 Å². The number of benzene rings is 1. The monoisotopic (exact) mass is 549 g/mol. The molecule has 3 aromatic rings. The zero-order valence-corrected chi connectivity index (χ0v) is 21.4. The number of rotatable bonds is 5. The number of hydrogen-bond donors (Lipinski definition) is 0. The number of halogens is 3. The fourth-order valence-electron chi connectivity index (χ4n) is 5.03. The molecular weight excluding hydrogens is 523 g/mol. The van der Waals surface area contributed by atoms with Crippen molar-refractivity contribution < 1.29 is 35.9 Å². The predicted molar refractivity (Wildman–Crippen MR) is 134 cm³/mol. The van der Waals surface area contributed by atoms with Crippen molar-refractivity contribution in [2.75, 3.05) is 31.7 Å². The van der Waals surface area contributed by atoms with Gasteiger partial charge in [-0.05, 0) is 48.7 Å². The summed E-state index contributed by atoms with van der Waals surface area (Å²) in [6.07, 6.45) is -0.738. The molecule has 2 aliphatic rings. The SMILES string of the molecule is COc1ncc(-c2ccnc3ccc(OC4CCN(C(=O)C5CCS(=O)(=O)CC5)C4)cc23)cc1C(F)(F)F. The summed E-state index contributed by atoms with van der Waals surface area (Å²) in [5.41, 5.74) is 0.377. The Hall–Kier alpha value is -3.41. The van der Waals surface area contributed by atoms with Crippen LogP contribution in [0.15, 0.2) is 42.7 Å². The highest BCUT2D eigenvalue weighted by atomic mass is 32.2. The molecule has 38 heavy (non-hydrogen) atoms. The maximum Gasteiger partial charge on any atom is 0.421 e. The number of sulfone groups is 1. The first kappa shape index (κ1) is 26.2. The molecule has 2 fully saturated rings. The van der Waals surface area contributed by atoms with Crippen molar-refractivity contribution in [2.24, 2.45) is 5.92 Å². The molecule has 2 aromatic heterocycles. The molecule has 0 spiro atoms. The van der Waals surface area contributed by atoms with Crippen LogP contribution >= 0.6 is 0 Å². The Kier molecular flexibility index (Phi) is 6.93. The maximum atomic E-state index is 13.6. The maximum absolute atomic E-state index is 13.6. The Morgan fingerprint density at radius 2 is 1.84 bits per heavy atom. The Morgan fingerprint density at radius 3 is 2.55 bits per heavy atom. The van der Waals surface area contributed by atoms with Crippen LogP contribution in [0.1, 0.15) is 24.8 Å². The number of hydrogen-bond acceptors (Lipinski definition) is 7. The van der Waals surface area contributed by atoms with Gasteiger partial charge in [0.2, 0.25) is 11.8 Å². The molecule has 2 aliphatic heterocycles. The van der Waals surface area contributed by atoms with Crippen LogP contribution in [0.25, 0.3) is 22.0 Å². The second kappa shape index (κ2) is 10.0. The van der Waals surface area contributed by atoms with E-state index in [4.69, 9.17) is 9.47 Å². The van der Waals surface area contributed by atoms with E-state index in [1.165, 1.54) is 12.4 Å². The zero-order chi connectivity index (χ0) is 27.1. The van der Waals surface area contributed by atoms with Gasteiger partial charge in [0.25, 0.3) is 0 Å². The standard InChI is InChI=1S/C26H26F3N3O5S/c1-36-24-22(26(27,28)29)12-17(14-31-24)20-4-8-30-23-3-2-18(13-21(20)23)37-19-5-9-32(15-19)25(33)16-6-10-38(34,35)11-7-16/h2-4,8,12-14,16,19H,5-7,9-11,15H2,1H3. The smallest absolute Gasteiger partial charge is 0.421 e. The summed E-state index contributed by atoms with van der Waals surface area (Å²) >= 11 is 0. The van der Waals surface area contributed by atoms with Crippen LogP contribution < -0.4 is 9.47 Å². The van der Waals surface area contributed by atoms with E-state index in [-0.39, 0.29) is 35.0 Å². The van der Waals surface area contributed by atoms with Crippen molar-refractivity contribution in [1.82, 2.24) is 14.9 Å². The van der Waals surface area contributed by atoms with E-state index in [1.807, 2.05) is 0 Å². The number of methoxy groups -OCH3 is 1. The van der Waals surface area contributed by atoms with Gasteiger partial charge in [0.05, 0.1) is 30.7 Å². The third-order valence-electron chi connectivity index (χ3n) is 7.04. The quantitative estimate of drug-likeness (QED) is 0.472. The highest BCUT2D eigenvalue weighted by molar-refractivity contribution is 7.91. The summed E-state index contributed by atoms with van der Waals surface area (Å²) in [5, 5.41) is 0.597. The summed E-state index contributed by atoms with van der Waals surface area (Å²) < 4.78 is 75.0. The zero-order valence-electron chi connectivity index (χ0n) is 20.6. The number of nitrogens with zero attached hydrogens (tertiary/aromatic N) is 3. The van der Waals surface area contributed by atoms with Gasteiger partial charge in [-0.25, -0.2) is 13.4 Å². The number of amides is 1. The van der Waals surface area contributed by atoms with Crippen LogP contribution in [-0.4, -0.2) is 67.0 Å². The van der Waals surface area contributed by atoms with E-state index >= 15 is 0 Å². The average Bonchev–Trinajstić information content (AvgIpc) is 3.35. The second-order valence-electron chi connectivity index (χ2n) is 9.55. The number of fused-ring (bicyclic) bond motifs is 1. The molecule has 1 amide bonds. The molecule has 202 valence electrons. The molecule has 0 saturated carbocycles. The van der Waals surface area contributed by atoms with Crippen LogP contribution in [0.5, 0.6) is 11.6 Å². The van der Waals surface area contributed by atoms with Crippen molar-refractivity contribution in [1.29, 1.82) is 0 Å². The molecule has 0 bridgehead atoms. The highest BCUT2D eigenvalue weighted by Gasteiger charge is 2.36. The summed E-state index contributed by atoms with van der Waals surface area (Å²) in [6.45, 7) is 0.905. The van der Waals surface area contributed by atoms with Crippen LogP contribution in [0.3, 0.4) is 0 Å². The van der Waals surface area contributed by atoms with E-state index in [0.29, 0.717) is 54.6 Å². The minimum absolute atomic E-state index is 0.0385. The van der Waals surface area contributed by atoms with Gasteiger partial charge < -0.3 is 14.4 Å². The number of carbonyl (C=O) groups excluding carboxylic acids is 1. The average molecular weight is 550 g/mol. The number of aromatic nitrogens is 2. The van der Waals surface area contributed by atoms with Crippen LogP contribution in [-0.2, 0) is 20.8 Å². The van der Waals surface area contributed by atoms with Crippen LogP contribution in [0.2, 0.25) is 0 Å². The minimum atomic E-state index is -4.64. The number of ether oxygens (including phenoxy) is 2. The first-order valence-electron chi connectivity index (χ1n) is 12.2. The number of likely N-dealkylation sites (tertiary alicyclic amines) is 1. The Labute approximate surface area is 217 Å². The molecule has 5 rings (SSSR count). The van der Waals surface area contributed by atoms with Crippen LogP contribution in [0, 0.1) is 5.92 Å². The molecule has 0 radical (unpaired) electrons. The van der Waals surface area contributed by atoms with Gasteiger partial charge in [-0.2, -0.15) is 13.2 Å². The summed E-state index contributed by atoms with van der Waals surface area (Å²) in [7, 11) is -1.91. The molecule has 1 unspecified atom stereocenters. The molecule has 2 saturated heterocycles. The van der Waals surface area contributed by atoms with Gasteiger partial charge in [0, 0.05) is 42.2 Å². The van der Waals surface area contributed by atoms with Gasteiger partial charge in [0.1, 0.15) is 27.3 Å². The number of alkyl halides is 3. The highest BCUT2D eigenvalue weighted by Crippen LogP contribution is 2.39. The molecule has 4 heterocycles. The minimum Gasteiger partial charge on any atom is -0.488 e. The fraction of sp³-hybridized carbons (Fsp3) is 0.423. The van der Waals surface area contributed by atoms with Crippen molar-refractivity contribution in [2.45, 2.75) is 31.5 Å². The van der Waals surface area contributed by atoms with E-state index in [1.54, 1.807) is 29.2 Å². The summed E-state index contributed by atoms with van der Waals surface area (Å²) in [6, 6.07) is 7.83. The molecule has 1 atom stereocenters. The lowest BCUT2D eigenvalue weighted by Crippen LogP contribution is -2.39. The lowest BCUT2D eigenvalue weighted by molar-refractivity contribution is -0.139. The Bertz CT molecular complexity index is 1460. The van der Waals surface area contributed by atoms with Gasteiger partial charge in [0.15, 0.2) is 0 Å². The van der Waals surface area contributed by atoms with E-state index in [2.05, 4.69) is 9.97 Å². The van der Waals surface area contributed by atoms with Crippen molar-refractivity contribution in [3.8, 4) is 22.8 Å². The second-order valence-corrected chi connectivity index (χ2v) is 11.9.